The van der Waals surface area contributed by atoms with Gasteiger partial charge in [0.05, 0.1) is 11.4 Å². The third-order valence-electron chi connectivity index (χ3n) is 4.75. The van der Waals surface area contributed by atoms with Crippen molar-refractivity contribution >= 4 is 0 Å². The molecule has 1 nitrogen and oxygen atoms in total. The SMILES string of the molecule is Cc1ccc(-c2nc(-c3ccccc3)cc(-c3ccccc3)c2C)cc1. The lowest BCUT2D eigenvalue weighted by Gasteiger charge is -2.15. The van der Waals surface area contributed by atoms with Crippen LogP contribution in [0.4, 0.5) is 0 Å². The van der Waals surface area contributed by atoms with Crippen molar-refractivity contribution in [1.29, 1.82) is 0 Å². The lowest BCUT2D eigenvalue weighted by atomic mass is 9.94. The van der Waals surface area contributed by atoms with Crippen molar-refractivity contribution in [1.82, 2.24) is 4.98 Å². The van der Waals surface area contributed by atoms with Crippen LogP contribution in [-0.4, -0.2) is 4.98 Å². The van der Waals surface area contributed by atoms with E-state index in [4.69, 9.17) is 4.98 Å². The molecule has 0 aliphatic heterocycles. The first kappa shape index (κ1) is 16.3. The highest BCUT2D eigenvalue weighted by molar-refractivity contribution is 5.80. The van der Waals surface area contributed by atoms with Crippen molar-refractivity contribution in [3.8, 4) is 33.6 Å². The smallest absolute Gasteiger partial charge is 0.0744 e. The summed E-state index contributed by atoms with van der Waals surface area (Å²) >= 11 is 0. The topological polar surface area (TPSA) is 12.9 Å². The van der Waals surface area contributed by atoms with E-state index in [9.17, 15) is 0 Å². The Morgan fingerprint density at radius 1 is 0.577 bits per heavy atom. The number of rotatable bonds is 3. The quantitative estimate of drug-likeness (QED) is 0.406. The molecule has 0 radical (unpaired) electrons. The van der Waals surface area contributed by atoms with Gasteiger partial charge in [0.15, 0.2) is 0 Å². The largest absolute Gasteiger partial charge is 0.247 e. The van der Waals surface area contributed by atoms with E-state index >= 15 is 0 Å². The molecule has 3 aromatic carbocycles. The Morgan fingerprint density at radius 3 is 1.77 bits per heavy atom. The highest BCUT2D eigenvalue weighted by atomic mass is 14.7. The summed E-state index contributed by atoms with van der Waals surface area (Å²) in [6.45, 7) is 4.28. The Labute approximate surface area is 155 Å². The average Bonchev–Trinajstić information content (AvgIpc) is 2.70. The molecule has 0 saturated carbocycles. The van der Waals surface area contributed by atoms with Crippen LogP contribution < -0.4 is 0 Å². The first-order valence-electron chi connectivity index (χ1n) is 8.92. The van der Waals surface area contributed by atoms with E-state index in [-0.39, 0.29) is 0 Å². The van der Waals surface area contributed by atoms with E-state index in [0.717, 1.165) is 22.5 Å². The Balaban J connectivity index is 1.97. The molecule has 0 N–H and O–H groups in total. The summed E-state index contributed by atoms with van der Waals surface area (Å²) in [5.41, 5.74) is 9.26. The first-order chi connectivity index (χ1) is 12.7. The summed E-state index contributed by atoms with van der Waals surface area (Å²) in [5.74, 6) is 0. The Morgan fingerprint density at radius 2 is 1.15 bits per heavy atom. The average molecular weight is 335 g/mol. The molecule has 0 aliphatic rings. The van der Waals surface area contributed by atoms with Crippen molar-refractivity contribution in [3.05, 3.63) is 102 Å². The minimum Gasteiger partial charge on any atom is -0.247 e. The number of pyridine rings is 1. The zero-order valence-corrected chi connectivity index (χ0v) is 15.1. The van der Waals surface area contributed by atoms with E-state index in [2.05, 4.69) is 98.8 Å². The van der Waals surface area contributed by atoms with Crippen molar-refractivity contribution in [2.75, 3.05) is 0 Å². The van der Waals surface area contributed by atoms with E-state index < -0.39 is 0 Å². The minimum atomic E-state index is 1.01. The Hall–Kier alpha value is -3.19. The minimum absolute atomic E-state index is 1.01. The predicted octanol–water partition coefficient (Wildman–Crippen LogP) is 6.70. The molecule has 1 aromatic heterocycles. The van der Waals surface area contributed by atoms with Gasteiger partial charge in [-0.2, -0.15) is 0 Å². The molecule has 0 atom stereocenters. The standard InChI is InChI=1S/C25H21N/c1-18-13-15-22(16-14-18)25-19(2)23(20-9-5-3-6-10-20)17-24(26-25)21-11-7-4-8-12-21/h3-17H,1-2H3. The van der Waals surface area contributed by atoms with E-state index in [1.165, 1.54) is 22.3 Å². The van der Waals surface area contributed by atoms with Gasteiger partial charge in [-0.05, 0) is 36.6 Å². The number of benzene rings is 3. The fourth-order valence-electron chi connectivity index (χ4n) is 3.28. The van der Waals surface area contributed by atoms with Gasteiger partial charge in [-0.25, -0.2) is 4.98 Å². The van der Waals surface area contributed by atoms with Gasteiger partial charge in [-0.3, -0.25) is 0 Å². The molecule has 0 aliphatic carbocycles. The molecular formula is C25H21N. The van der Waals surface area contributed by atoms with Crippen LogP contribution in [0.5, 0.6) is 0 Å². The number of hydrogen-bond acceptors (Lipinski definition) is 1. The molecule has 1 heterocycles. The zero-order chi connectivity index (χ0) is 17.9. The Kier molecular flexibility index (Phi) is 4.37. The van der Waals surface area contributed by atoms with Gasteiger partial charge in [0.2, 0.25) is 0 Å². The van der Waals surface area contributed by atoms with Gasteiger partial charge in [-0.15, -0.1) is 0 Å². The summed E-state index contributed by atoms with van der Waals surface area (Å²) < 4.78 is 0. The highest BCUT2D eigenvalue weighted by Crippen LogP contribution is 2.34. The van der Waals surface area contributed by atoms with Crippen molar-refractivity contribution in [3.63, 3.8) is 0 Å². The lowest BCUT2D eigenvalue weighted by Crippen LogP contribution is -1.96. The molecule has 0 amide bonds. The number of aromatic nitrogens is 1. The molecule has 126 valence electrons. The summed E-state index contributed by atoms with van der Waals surface area (Å²) in [6.07, 6.45) is 0. The second-order valence-electron chi connectivity index (χ2n) is 6.63. The van der Waals surface area contributed by atoms with Crippen LogP contribution in [0.25, 0.3) is 33.6 Å². The number of nitrogens with zero attached hydrogens (tertiary/aromatic N) is 1. The normalized spacial score (nSPS) is 10.7. The molecule has 4 rings (SSSR count). The van der Waals surface area contributed by atoms with Crippen LogP contribution in [0, 0.1) is 13.8 Å². The van der Waals surface area contributed by atoms with Gasteiger partial charge in [0.1, 0.15) is 0 Å². The molecule has 0 bridgehead atoms. The fourth-order valence-corrected chi connectivity index (χ4v) is 3.28. The third-order valence-corrected chi connectivity index (χ3v) is 4.75. The van der Waals surface area contributed by atoms with Crippen LogP contribution in [0.3, 0.4) is 0 Å². The molecule has 0 unspecified atom stereocenters. The molecule has 0 saturated heterocycles. The first-order valence-corrected chi connectivity index (χ1v) is 8.92. The second kappa shape index (κ2) is 6.97. The molecule has 1 heteroatoms. The van der Waals surface area contributed by atoms with E-state index in [1.54, 1.807) is 0 Å². The van der Waals surface area contributed by atoms with Crippen molar-refractivity contribution < 1.29 is 0 Å². The van der Waals surface area contributed by atoms with Crippen molar-refractivity contribution in [2.24, 2.45) is 0 Å². The van der Waals surface area contributed by atoms with Gasteiger partial charge in [0.25, 0.3) is 0 Å². The van der Waals surface area contributed by atoms with E-state index in [0.29, 0.717) is 0 Å². The van der Waals surface area contributed by atoms with E-state index in [1.807, 2.05) is 6.07 Å². The third kappa shape index (κ3) is 3.16. The van der Waals surface area contributed by atoms with Crippen molar-refractivity contribution in [2.45, 2.75) is 13.8 Å². The lowest BCUT2D eigenvalue weighted by molar-refractivity contribution is 1.27. The monoisotopic (exact) mass is 335 g/mol. The highest BCUT2D eigenvalue weighted by Gasteiger charge is 2.13. The maximum atomic E-state index is 5.03. The number of aryl methyl sites for hydroxylation is 1. The summed E-state index contributed by atoms with van der Waals surface area (Å²) in [6, 6.07) is 31.8. The van der Waals surface area contributed by atoms with Gasteiger partial charge in [-0.1, -0.05) is 90.5 Å². The Bertz CT molecular complexity index is 1020. The van der Waals surface area contributed by atoms with Crippen LogP contribution in [0.1, 0.15) is 11.1 Å². The zero-order valence-electron chi connectivity index (χ0n) is 15.1. The molecular weight excluding hydrogens is 314 g/mol. The van der Waals surface area contributed by atoms with Crippen LogP contribution in [0.15, 0.2) is 91.0 Å². The summed E-state index contributed by atoms with van der Waals surface area (Å²) in [4.78, 5) is 5.03. The molecule has 0 fully saturated rings. The van der Waals surface area contributed by atoms with Gasteiger partial charge in [0, 0.05) is 11.1 Å². The maximum Gasteiger partial charge on any atom is 0.0744 e. The van der Waals surface area contributed by atoms with Crippen LogP contribution in [-0.2, 0) is 0 Å². The predicted molar refractivity (Wildman–Crippen MR) is 110 cm³/mol. The molecule has 4 aromatic rings. The number of hydrogen-bond donors (Lipinski definition) is 0. The summed E-state index contributed by atoms with van der Waals surface area (Å²) in [5, 5.41) is 0. The molecule has 0 spiro atoms. The second-order valence-corrected chi connectivity index (χ2v) is 6.63. The fraction of sp³-hybridized carbons (Fsp3) is 0.0800. The molecule has 26 heavy (non-hydrogen) atoms. The maximum absolute atomic E-state index is 5.03. The van der Waals surface area contributed by atoms with Crippen LogP contribution >= 0.6 is 0 Å². The van der Waals surface area contributed by atoms with Gasteiger partial charge >= 0.3 is 0 Å². The van der Waals surface area contributed by atoms with Gasteiger partial charge < -0.3 is 0 Å². The van der Waals surface area contributed by atoms with Crippen LogP contribution in [0.2, 0.25) is 0 Å². The summed E-state index contributed by atoms with van der Waals surface area (Å²) in [7, 11) is 0.